The van der Waals surface area contributed by atoms with Crippen molar-refractivity contribution in [2.45, 2.75) is 39.0 Å². The Labute approximate surface area is 184 Å². The fourth-order valence-corrected chi connectivity index (χ4v) is 3.96. The first-order valence-electron chi connectivity index (χ1n) is 10.2. The van der Waals surface area contributed by atoms with Gasteiger partial charge in [0, 0.05) is 28.9 Å². The lowest BCUT2D eigenvalue weighted by molar-refractivity contribution is -0.114. The molecule has 0 bridgehead atoms. The third kappa shape index (κ3) is 4.61. The van der Waals surface area contributed by atoms with Gasteiger partial charge in [0.15, 0.2) is 5.69 Å². The standard InChI is InChI=1S/C23H22ClFN4O2/c1-14(30)26-20-13-16(9-12-19(20)25)27-23(31)22-18-5-3-2-4-6-21(18)29(28-22)17-10-7-15(24)8-11-17/h7-13H,2-6H2,1H3,(H,26,30)(H,27,31). The van der Waals surface area contributed by atoms with Crippen molar-refractivity contribution in [2.24, 2.45) is 0 Å². The van der Waals surface area contributed by atoms with E-state index >= 15 is 0 Å². The van der Waals surface area contributed by atoms with Crippen LogP contribution in [0.3, 0.4) is 0 Å². The minimum atomic E-state index is -0.575. The molecule has 0 atom stereocenters. The number of carbonyl (C=O) groups excluding carboxylic acids is 2. The third-order valence-corrected chi connectivity index (χ3v) is 5.50. The molecule has 6 nitrogen and oxygen atoms in total. The smallest absolute Gasteiger partial charge is 0.276 e. The molecular weight excluding hydrogens is 419 g/mol. The van der Waals surface area contributed by atoms with Gasteiger partial charge >= 0.3 is 0 Å². The van der Waals surface area contributed by atoms with E-state index in [4.69, 9.17) is 11.6 Å². The molecule has 160 valence electrons. The molecule has 1 heterocycles. The van der Waals surface area contributed by atoms with Gasteiger partial charge < -0.3 is 10.6 Å². The van der Waals surface area contributed by atoms with Crippen LogP contribution in [0, 0.1) is 5.82 Å². The second kappa shape index (κ2) is 8.89. The summed E-state index contributed by atoms with van der Waals surface area (Å²) in [5, 5.41) is 10.5. The second-order valence-corrected chi connectivity index (χ2v) is 7.99. The van der Waals surface area contributed by atoms with E-state index in [2.05, 4.69) is 15.7 Å². The van der Waals surface area contributed by atoms with Gasteiger partial charge in [-0.25, -0.2) is 9.07 Å². The number of amides is 2. The van der Waals surface area contributed by atoms with Gasteiger partial charge in [0.05, 0.1) is 11.4 Å². The normalized spacial score (nSPS) is 13.3. The summed E-state index contributed by atoms with van der Waals surface area (Å²) in [5.74, 6) is -1.34. The largest absolute Gasteiger partial charge is 0.324 e. The first-order valence-corrected chi connectivity index (χ1v) is 10.6. The number of hydrogen-bond acceptors (Lipinski definition) is 3. The molecule has 4 rings (SSSR count). The molecule has 2 aromatic carbocycles. The van der Waals surface area contributed by atoms with Crippen LogP contribution >= 0.6 is 11.6 Å². The minimum Gasteiger partial charge on any atom is -0.324 e. The van der Waals surface area contributed by atoms with Crippen LogP contribution < -0.4 is 10.6 Å². The molecule has 0 fully saturated rings. The number of hydrogen-bond donors (Lipinski definition) is 2. The first kappa shape index (κ1) is 21.1. The lowest BCUT2D eigenvalue weighted by Crippen LogP contribution is -2.16. The summed E-state index contributed by atoms with van der Waals surface area (Å²) in [4.78, 5) is 24.4. The van der Waals surface area contributed by atoms with E-state index in [1.165, 1.54) is 25.1 Å². The molecule has 8 heteroatoms. The number of nitrogens with zero attached hydrogens (tertiary/aromatic N) is 2. The summed E-state index contributed by atoms with van der Waals surface area (Å²) in [6.07, 6.45) is 4.72. The first-order chi connectivity index (χ1) is 14.9. The van der Waals surface area contributed by atoms with Crippen LogP contribution in [0.25, 0.3) is 5.69 Å². The van der Waals surface area contributed by atoms with Gasteiger partial charge in [-0.1, -0.05) is 18.0 Å². The average Bonchev–Trinajstić information content (AvgIpc) is 2.92. The second-order valence-electron chi connectivity index (χ2n) is 7.55. The molecule has 2 N–H and O–H groups in total. The van der Waals surface area contributed by atoms with Gasteiger partial charge in [-0.15, -0.1) is 0 Å². The van der Waals surface area contributed by atoms with E-state index in [1.54, 1.807) is 12.1 Å². The fourth-order valence-electron chi connectivity index (χ4n) is 3.83. The van der Waals surface area contributed by atoms with Crippen molar-refractivity contribution in [3.05, 3.63) is 70.3 Å². The number of fused-ring (bicyclic) bond motifs is 1. The fraction of sp³-hybridized carbons (Fsp3) is 0.261. The van der Waals surface area contributed by atoms with Gasteiger partial charge in [-0.05, 0) is 68.1 Å². The Bertz CT molecular complexity index is 1140. The van der Waals surface area contributed by atoms with Gasteiger partial charge in [0.2, 0.25) is 5.91 Å². The molecule has 1 aliphatic rings. The molecule has 1 aromatic heterocycles. The summed E-state index contributed by atoms with van der Waals surface area (Å²) in [6.45, 7) is 1.30. The summed E-state index contributed by atoms with van der Waals surface area (Å²) in [5.41, 5.74) is 3.56. The van der Waals surface area contributed by atoms with E-state index in [9.17, 15) is 14.0 Å². The molecule has 0 radical (unpaired) electrons. The lowest BCUT2D eigenvalue weighted by Gasteiger charge is -2.09. The average molecular weight is 441 g/mol. The zero-order chi connectivity index (χ0) is 22.0. The van der Waals surface area contributed by atoms with Crippen molar-refractivity contribution in [1.82, 2.24) is 9.78 Å². The van der Waals surface area contributed by atoms with Crippen LogP contribution in [-0.2, 0) is 17.6 Å². The lowest BCUT2D eigenvalue weighted by atomic mass is 10.1. The molecule has 0 spiro atoms. The Morgan fingerprint density at radius 1 is 1.03 bits per heavy atom. The predicted molar refractivity (Wildman–Crippen MR) is 118 cm³/mol. The predicted octanol–water partition coefficient (Wildman–Crippen LogP) is 5.14. The van der Waals surface area contributed by atoms with E-state index in [0.717, 1.165) is 49.0 Å². The van der Waals surface area contributed by atoms with E-state index in [-0.39, 0.29) is 11.6 Å². The van der Waals surface area contributed by atoms with Crippen LogP contribution in [0.1, 0.15) is 47.9 Å². The van der Waals surface area contributed by atoms with Gasteiger partial charge in [0.1, 0.15) is 5.82 Å². The maximum absolute atomic E-state index is 13.9. The van der Waals surface area contributed by atoms with Crippen molar-refractivity contribution in [3.8, 4) is 5.69 Å². The molecule has 0 aliphatic heterocycles. The highest BCUT2D eigenvalue weighted by Gasteiger charge is 2.25. The maximum atomic E-state index is 13.9. The van der Waals surface area contributed by atoms with Crippen molar-refractivity contribution in [1.29, 1.82) is 0 Å². The van der Waals surface area contributed by atoms with Crippen molar-refractivity contribution < 1.29 is 14.0 Å². The van der Waals surface area contributed by atoms with Crippen LogP contribution in [0.15, 0.2) is 42.5 Å². The number of aromatic nitrogens is 2. The summed E-state index contributed by atoms with van der Waals surface area (Å²) in [7, 11) is 0. The van der Waals surface area contributed by atoms with Crippen LogP contribution in [0.2, 0.25) is 5.02 Å². The van der Waals surface area contributed by atoms with E-state index in [1.807, 2.05) is 16.8 Å². The minimum absolute atomic E-state index is 0.0100. The summed E-state index contributed by atoms with van der Waals surface area (Å²) in [6, 6.07) is 11.4. The molecule has 0 unspecified atom stereocenters. The van der Waals surface area contributed by atoms with Gasteiger partial charge in [-0.2, -0.15) is 5.10 Å². The van der Waals surface area contributed by atoms with Gasteiger partial charge in [0.25, 0.3) is 5.91 Å². The molecule has 2 amide bonds. The Hall–Kier alpha value is -3.19. The number of benzene rings is 2. The van der Waals surface area contributed by atoms with Crippen molar-refractivity contribution in [2.75, 3.05) is 10.6 Å². The zero-order valence-electron chi connectivity index (χ0n) is 17.0. The zero-order valence-corrected chi connectivity index (χ0v) is 17.8. The molecule has 1 aliphatic carbocycles. The third-order valence-electron chi connectivity index (χ3n) is 5.25. The molecule has 0 saturated heterocycles. The van der Waals surface area contributed by atoms with Crippen LogP contribution in [-0.4, -0.2) is 21.6 Å². The summed E-state index contributed by atoms with van der Waals surface area (Å²) >= 11 is 6.02. The van der Waals surface area contributed by atoms with E-state index in [0.29, 0.717) is 16.4 Å². The highest BCUT2D eigenvalue weighted by Crippen LogP contribution is 2.28. The van der Waals surface area contributed by atoms with Gasteiger partial charge in [-0.3, -0.25) is 9.59 Å². The SMILES string of the molecule is CC(=O)Nc1cc(NC(=O)c2nn(-c3ccc(Cl)cc3)c3c2CCCCC3)ccc1F. The number of nitrogens with one attached hydrogen (secondary N) is 2. The highest BCUT2D eigenvalue weighted by atomic mass is 35.5. The monoisotopic (exact) mass is 440 g/mol. The maximum Gasteiger partial charge on any atom is 0.276 e. The Kier molecular flexibility index (Phi) is 6.04. The molecular formula is C23H22ClFN4O2. The van der Waals surface area contributed by atoms with Crippen molar-refractivity contribution >= 4 is 34.8 Å². The van der Waals surface area contributed by atoms with Crippen molar-refractivity contribution in [3.63, 3.8) is 0 Å². The Balaban J connectivity index is 1.68. The van der Waals surface area contributed by atoms with Crippen LogP contribution in [0.4, 0.5) is 15.8 Å². The Morgan fingerprint density at radius 2 is 1.77 bits per heavy atom. The quantitative estimate of drug-likeness (QED) is 0.551. The molecule has 3 aromatic rings. The number of rotatable bonds is 4. The van der Waals surface area contributed by atoms with Crippen LogP contribution in [0.5, 0.6) is 0 Å². The number of halogens is 2. The Morgan fingerprint density at radius 3 is 2.52 bits per heavy atom. The topological polar surface area (TPSA) is 76.0 Å². The molecule has 0 saturated carbocycles. The number of anilines is 2. The highest BCUT2D eigenvalue weighted by molar-refractivity contribution is 6.30. The number of carbonyl (C=O) groups is 2. The van der Waals surface area contributed by atoms with E-state index < -0.39 is 11.7 Å². The summed E-state index contributed by atoms with van der Waals surface area (Å²) < 4.78 is 15.7. The molecule has 31 heavy (non-hydrogen) atoms.